The molecular weight excluding hydrogens is 420 g/mol. The van der Waals surface area contributed by atoms with Crippen LogP contribution in [0.5, 0.6) is 11.5 Å². The van der Waals surface area contributed by atoms with Crippen molar-refractivity contribution in [2.45, 2.75) is 6.54 Å². The number of nitrogens with one attached hydrogen (secondary N) is 1. The van der Waals surface area contributed by atoms with Gasteiger partial charge < -0.3 is 19.2 Å². The van der Waals surface area contributed by atoms with Crippen LogP contribution >= 0.6 is 11.6 Å². The second kappa shape index (κ2) is 10.1. The van der Waals surface area contributed by atoms with Crippen molar-refractivity contribution in [2.75, 3.05) is 7.11 Å². The highest BCUT2D eigenvalue weighted by molar-refractivity contribution is 6.33. The molecule has 0 saturated carbocycles. The first kappa shape index (κ1) is 21.7. The van der Waals surface area contributed by atoms with Crippen LogP contribution in [0.1, 0.15) is 21.7 Å². The lowest BCUT2D eigenvalue weighted by atomic mass is 10.1. The molecule has 156 valence electrons. The minimum absolute atomic E-state index is 0.102. The molecule has 3 aromatic rings. The standard InChI is InChI=1S/C23H17ClN2O5/c1-29-21-12-15(11-16(13-25)22(27)26-14-17-5-4-10-30-17)8-9-20(21)31-23(28)18-6-2-3-7-19(18)24/h2-12H,14H2,1H3,(H,26,27)/b16-11+. The van der Waals surface area contributed by atoms with Gasteiger partial charge in [0.1, 0.15) is 17.4 Å². The van der Waals surface area contributed by atoms with Gasteiger partial charge in [-0.1, -0.05) is 29.8 Å². The number of hydrogen-bond donors (Lipinski definition) is 1. The molecule has 7 nitrogen and oxygen atoms in total. The Morgan fingerprint density at radius 1 is 1.16 bits per heavy atom. The Kier molecular flexibility index (Phi) is 7.09. The molecule has 0 unspecified atom stereocenters. The van der Waals surface area contributed by atoms with Crippen LogP contribution < -0.4 is 14.8 Å². The Hall–Kier alpha value is -4.02. The van der Waals surface area contributed by atoms with Gasteiger partial charge in [0.05, 0.1) is 30.5 Å². The molecule has 0 bridgehead atoms. The Morgan fingerprint density at radius 3 is 2.65 bits per heavy atom. The van der Waals surface area contributed by atoms with Crippen molar-refractivity contribution in [3.63, 3.8) is 0 Å². The highest BCUT2D eigenvalue weighted by atomic mass is 35.5. The molecule has 3 rings (SSSR count). The third kappa shape index (κ3) is 5.53. The van der Waals surface area contributed by atoms with E-state index in [9.17, 15) is 14.9 Å². The van der Waals surface area contributed by atoms with Gasteiger partial charge in [0.15, 0.2) is 11.5 Å². The van der Waals surface area contributed by atoms with E-state index in [2.05, 4.69) is 5.32 Å². The molecule has 0 radical (unpaired) electrons. The van der Waals surface area contributed by atoms with E-state index < -0.39 is 11.9 Å². The maximum absolute atomic E-state index is 12.4. The smallest absolute Gasteiger partial charge is 0.345 e. The average molecular weight is 437 g/mol. The van der Waals surface area contributed by atoms with Crippen LogP contribution in [0.2, 0.25) is 5.02 Å². The van der Waals surface area contributed by atoms with Crippen molar-refractivity contribution in [3.05, 3.63) is 88.3 Å². The van der Waals surface area contributed by atoms with Gasteiger partial charge in [-0.05, 0) is 48.0 Å². The van der Waals surface area contributed by atoms with Gasteiger partial charge in [-0.3, -0.25) is 4.79 Å². The molecule has 8 heteroatoms. The third-order valence-corrected chi connectivity index (χ3v) is 4.49. The fourth-order valence-corrected chi connectivity index (χ4v) is 2.84. The lowest BCUT2D eigenvalue weighted by molar-refractivity contribution is -0.117. The van der Waals surface area contributed by atoms with Gasteiger partial charge in [-0.2, -0.15) is 5.26 Å². The highest BCUT2D eigenvalue weighted by Crippen LogP contribution is 2.30. The maximum atomic E-state index is 12.4. The first-order chi connectivity index (χ1) is 15.0. The number of hydrogen-bond acceptors (Lipinski definition) is 6. The summed E-state index contributed by atoms with van der Waals surface area (Å²) in [7, 11) is 1.41. The van der Waals surface area contributed by atoms with E-state index >= 15 is 0 Å². The number of nitriles is 1. The molecule has 31 heavy (non-hydrogen) atoms. The molecule has 0 aliphatic rings. The Bertz CT molecular complexity index is 1160. The van der Waals surface area contributed by atoms with Crippen LogP contribution in [0, 0.1) is 11.3 Å². The van der Waals surface area contributed by atoms with Gasteiger partial charge in [0.25, 0.3) is 5.91 Å². The van der Waals surface area contributed by atoms with Crippen LogP contribution in [-0.4, -0.2) is 19.0 Å². The molecule has 1 amide bonds. The third-order valence-electron chi connectivity index (χ3n) is 4.16. The molecule has 1 N–H and O–H groups in total. The van der Waals surface area contributed by atoms with E-state index in [1.807, 2.05) is 6.07 Å². The second-order valence-electron chi connectivity index (χ2n) is 6.21. The Labute approximate surface area is 183 Å². The zero-order valence-electron chi connectivity index (χ0n) is 16.4. The van der Waals surface area contributed by atoms with Crippen LogP contribution in [-0.2, 0) is 11.3 Å². The van der Waals surface area contributed by atoms with Crippen molar-refractivity contribution >= 4 is 29.6 Å². The largest absolute Gasteiger partial charge is 0.493 e. The first-order valence-corrected chi connectivity index (χ1v) is 9.46. The molecule has 0 saturated heterocycles. The zero-order chi connectivity index (χ0) is 22.2. The molecule has 0 aliphatic carbocycles. The number of amides is 1. The number of esters is 1. The second-order valence-corrected chi connectivity index (χ2v) is 6.62. The molecule has 1 aromatic heterocycles. The maximum Gasteiger partial charge on any atom is 0.345 e. The highest BCUT2D eigenvalue weighted by Gasteiger charge is 2.16. The zero-order valence-corrected chi connectivity index (χ0v) is 17.2. The summed E-state index contributed by atoms with van der Waals surface area (Å²) in [6, 6.07) is 16.5. The quantitative estimate of drug-likeness (QED) is 0.255. The van der Waals surface area contributed by atoms with Gasteiger partial charge in [-0.15, -0.1) is 0 Å². The fraction of sp³-hybridized carbons (Fsp3) is 0.0870. The van der Waals surface area contributed by atoms with Crippen molar-refractivity contribution in [1.82, 2.24) is 5.32 Å². The number of nitrogens with zero attached hydrogens (tertiary/aromatic N) is 1. The summed E-state index contributed by atoms with van der Waals surface area (Å²) in [5.41, 5.74) is 0.628. The number of carbonyl (C=O) groups is 2. The summed E-state index contributed by atoms with van der Waals surface area (Å²) in [6.07, 6.45) is 2.90. The van der Waals surface area contributed by atoms with Crippen LogP contribution in [0.25, 0.3) is 6.08 Å². The van der Waals surface area contributed by atoms with Crippen LogP contribution in [0.4, 0.5) is 0 Å². The topological polar surface area (TPSA) is 102 Å². The molecule has 0 atom stereocenters. The Morgan fingerprint density at radius 2 is 1.97 bits per heavy atom. The number of benzene rings is 2. The van der Waals surface area contributed by atoms with Crippen molar-refractivity contribution in [1.29, 1.82) is 5.26 Å². The monoisotopic (exact) mass is 436 g/mol. The van der Waals surface area contributed by atoms with Crippen LogP contribution in [0.3, 0.4) is 0 Å². The molecule has 0 fully saturated rings. The number of halogens is 1. The van der Waals surface area contributed by atoms with Crippen LogP contribution in [0.15, 0.2) is 70.9 Å². The number of methoxy groups -OCH3 is 1. The lowest BCUT2D eigenvalue weighted by Gasteiger charge is -2.11. The van der Waals surface area contributed by atoms with Gasteiger partial charge in [-0.25, -0.2) is 4.79 Å². The minimum atomic E-state index is -0.637. The van der Waals surface area contributed by atoms with E-state index in [-0.39, 0.29) is 34.2 Å². The first-order valence-electron chi connectivity index (χ1n) is 9.09. The van der Waals surface area contributed by atoms with Crippen molar-refractivity contribution in [3.8, 4) is 17.6 Å². The molecule has 0 spiro atoms. The number of carbonyl (C=O) groups excluding carboxylic acids is 2. The van der Waals surface area contributed by atoms with Gasteiger partial charge in [0, 0.05) is 0 Å². The lowest BCUT2D eigenvalue weighted by Crippen LogP contribution is -2.23. The SMILES string of the molecule is COc1cc(/C=C(\C#N)C(=O)NCc2ccco2)ccc1OC(=O)c1ccccc1Cl. The molecule has 2 aromatic carbocycles. The normalized spacial score (nSPS) is 10.8. The van der Waals surface area contributed by atoms with E-state index in [0.29, 0.717) is 11.3 Å². The molecule has 1 heterocycles. The fourth-order valence-electron chi connectivity index (χ4n) is 2.63. The van der Waals surface area contributed by atoms with E-state index in [1.54, 1.807) is 48.5 Å². The molecule has 0 aliphatic heterocycles. The van der Waals surface area contributed by atoms with Gasteiger partial charge in [0.2, 0.25) is 0 Å². The number of ether oxygens (including phenoxy) is 2. The van der Waals surface area contributed by atoms with Crippen molar-refractivity contribution in [2.24, 2.45) is 0 Å². The summed E-state index contributed by atoms with van der Waals surface area (Å²) >= 11 is 6.03. The summed E-state index contributed by atoms with van der Waals surface area (Å²) in [5.74, 6) is -0.195. The average Bonchev–Trinajstić information content (AvgIpc) is 3.30. The summed E-state index contributed by atoms with van der Waals surface area (Å²) < 4.78 is 15.8. The summed E-state index contributed by atoms with van der Waals surface area (Å²) in [6.45, 7) is 0.158. The predicted molar refractivity (Wildman–Crippen MR) is 114 cm³/mol. The number of rotatable bonds is 7. The van der Waals surface area contributed by atoms with E-state index in [0.717, 1.165) is 0 Å². The Balaban J connectivity index is 1.76. The van der Waals surface area contributed by atoms with Gasteiger partial charge >= 0.3 is 5.97 Å². The van der Waals surface area contributed by atoms with Crippen molar-refractivity contribution < 1.29 is 23.5 Å². The summed E-state index contributed by atoms with van der Waals surface area (Å²) in [5, 5.41) is 12.2. The predicted octanol–water partition coefficient (Wildman–Crippen LogP) is 4.38. The molecular formula is C23H17ClN2O5. The van der Waals surface area contributed by atoms with E-state index in [1.165, 1.54) is 25.5 Å². The minimum Gasteiger partial charge on any atom is -0.493 e. The van der Waals surface area contributed by atoms with E-state index in [4.69, 9.17) is 25.5 Å². The summed E-state index contributed by atoms with van der Waals surface area (Å²) in [4.78, 5) is 24.7. The number of furan rings is 1.